The van der Waals surface area contributed by atoms with Crippen molar-refractivity contribution in [3.8, 4) is 5.75 Å². The highest BCUT2D eigenvalue weighted by Crippen LogP contribution is 2.16. The van der Waals surface area contributed by atoms with Crippen molar-refractivity contribution in [3.63, 3.8) is 0 Å². The lowest BCUT2D eigenvalue weighted by atomic mass is 10.3. The third-order valence-corrected chi connectivity index (χ3v) is 2.15. The van der Waals surface area contributed by atoms with Crippen molar-refractivity contribution in [2.24, 2.45) is 0 Å². The van der Waals surface area contributed by atoms with E-state index in [1.54, 1.807) is 7.11 Å². The van der Waals surface area contributed by atoms with Gasteiger partial charge < -0.3 is 14.8 Å². The summed E-state index contributed by atoms with van der Waals surface area (Å²) in [7, 11) is 1.69. The standard InChI is InChI=1S/C12H20N2O2/c1-4-16-12-6-5-10(2)14-11(12)9-13-7-8-15-3/h5-6,13H,4,7-9H2,1-3H3. The van der Waals surface area contributed by atoms with Crippen LogP contribution in [0.1, 0.15) is 18.3 Å². The maximum Gasteiger partial charge on any atom is 0.142 e. The SMILES string of the molecule is CCOc1ccc(C)nc1CNCCOC. The first-order valence-electron chi connectivity index (χ1n) is 5.57. The summed E-state index contributed by atoms with van der Waals surface area (Å²) in [6.45, 7) is 6.85. The third kappa shape index (κ3) is 4.16. The van der Waals surface area contributed by atoms with E-state index in [0.717, 1.165) is 23.7 Å². The molecule has 0 aromatic carbocycles. The molecule has 0 bridgehead atoms. The first-order valence-corrected chi connectivity index (χ1v) is 5.57. The van der Waals surface area contributed by atoms with E-state index in [2.05, 4.69) is 10.3 Å². The van der Waals surface area contributed by atoms with Crippen molar-refractivity contribution >= 4 is 0 Å². The van der Waals surface area contributed by atoms with E-state index in [4.69, 9.17) is 9.47 Å². The van der Waals surface area contributed by atoms with E-state index < -0.39 is 0 Å². The van der Waals surface area contributed by atoms with Gasteiger partial charge in [0.15, 0.2) is 0 Å². The second-order valence-electron chi connectivity index (χ2n) is 3.50. The van der Waals surface area contributed by atoms with Crippen molar-refractivity contribution in [1.82, 2.24) is 10.3 Å². The normalized spacial score (nSPS) is 10.4. The molecule has 1 aromatic heterocycles. The molecule has 0 spiro atoms. The van der Waals surface area contributed by atoms with Crippen LogP contribution in [0.5, 0.6) is 5.75 Å². The highest BCUT2D eigenvalue weighted by atomic mass is 16.5. The third-order valence-electron chi connectivity index (χ3n) is 2.15. The minimum Gasteiger partial charge on any atom is -0.492 e. The molecule has 1 rings (SSSR count). The minimum absolute atomic E-state index is 0.663. The van der Waals surface area contributed by atoms with Crippen molar-refractivity contribution in [3.05, 3.63) is 23.5 Å². The Morgan fingerprint density at radius 3 is 2.88 bits per heavy atom. The summed E-state index contributed by atoms with van der Waals surface area (Å²) >= 11 is 0. The Kier molecular flexibility index (Phi) is 5.82. The van der Waals surface area contributed by atoms with Gasteiger partial charge in [-0.3, -0.25) is 4.98 Å². The molecule has 0 aliphatic carbocycles. The van der Waals surface area contributed by atoms with Crippen LogP contribution in [0.25, 0.3) is 0 Å². The smallest absolute Gasteiger partial charge is 0.142 e. The Balaban J connectivity index is 2.57. The largest absolute Gasteiger partial charge is 0.492 e. The summed E-state index contributed by atoms with van der Waals surface area (Å²) in [5.41, 5.74) is 1.96. The summed E-state index contributed by atoms with van der Waals surface area (Å²) in [4.78, 5) is 4.46. The molecule has 90 valence electrons. The van der Waals surface area contributed by atoms with Crippen LogP contribution in [0, 0.1) is 6.92 Å². The number of nitrogens with zero attached hydrogens (tertiary/aromatic N) is 1. The molecule has 4 heteroatoms. The number of nitrogens with one attached hydrogen (secondary N) is 1. The molecule has 0 unspecified atom stereocenters. The number of hydrogen-bond donors (Lipinski definition) is 1. The van der Waals surface area contributed by atoms with Gasteiger partial charge in [0.25, 0.3) is 0 Å². The van der Waals surface area contributed by atoms with Gasteiger partial charge in [0.1, 0.15) is 5.75 Å². The van der Waals surface area contributed by atoms with Gasteiger partial charge >= 0.3 is 0 Å². The van der Waals surface area contributed by atoms with Gasteiger partial charge in [0.05, 0.1) is 18.9 Å². The molecular weight excluding hydrogens is 204 g/mol. The predicted molar refractivity (Wildman–Crippen MR) is 63.7 cm³/mol. The summed E-state index contributed by atoms with van der Waals surface area (Å²) < 4.78 is 10.5. The molecule has 0 fully saturated rings. The molecular formula is C12H20N2O2. The zero-order valence-electron chi connectivity index (χ0n) is 10.2. The van der Waals surface area contributed by atoms with Gasteiger partial charge in [-0.15, -0.1) is 0 Å². The summed E-state index contributed by atoms with van der Waals surface area (Å²) in [5.74, 6) is 0.859. The average molecular weight is 224 g/mol. The quantitative estimate of drug-likeness (QED) is 0.713. The fourth-order valence-electron chi connectivity index (χ4n) is 1.39. The molecule has 0 aliphatic heterocycles. The fraction of sp³-hybridized carbons (Fsp3) is 0.583. The lowest BCUT2D eigenvalue weighted by molar-refractivity contribution is 0.199. The number of aromatic nitrogens is 1. The maximum absolute atomic E-state index is 5.52. The van der Waals surface area contributed by atoms with Crippen molar-refractivity contribution < 1.29 is 9.47 Å². The molecule has 1 aromatic rings. The van der Waals surface area contributed by atoms with Crippen LogP contribution in [0.15, 0.2) is 12.1 Å². The Bertz CT molecular complexity index is 316. The Morgan fingerprint density at radius 2 is 2.19 bits per heavy atom. The van der Waals surface area contributed by atoms with Gasteiger partial charge in [0.2, 0.25) is 0 Å². The number of hydrogen-bond acceptors (Lipinski definition) is 4. The number of ether oxygens (including phenoxy) is 2. The number of methoxy groups -OCH3 is 1. The van der Waals surface area contributed by atoms with Gasteiger partial charge in [-0.1, -0.05) is 0 Å². The Morgan fingerprint density at radius 1 is 1.38 bits per heavy atom. The Hall–Kier alpha value is -1.13. The second kappa shape index (κ2) is 7.19. The number of pyridine rings is 1. The fourth-order valence-corrected chi connectivity index (χ4v) is 1.39. The van der Waals surface area contributed by atoms with Crippen molar-refractivity contribution in [2.45, 2.75) is 20.4 Å². The first-order chi connectivity index (χ1) is 7.77. The monoisotopic (exact) mass is 224 g/mol. The van der Waals surface area contributed by atoms with Gasteiger partial charge in [-0.05, 0) is 26.0 Å². The highest BCUT2D eigenvalue weighted by Gasteiger charge is 2.04. The zero-order valence-corrected chi connectivity index (χ0v) is 10.2. The predicted octanol–water partition coefficient (Wildman–Crippen LogP) is 1.52. The van der Waals surface area contributed by atoms with Crippen LogP contribution < -0.4 is 10.1 Å². The molecule has 0 saturated heterocycles. The van der Waals surface area contributed by atoms with Crippen LogP contribution in [0.4, 0.5) is 0 Å². The first kappa shape index (κ1) is 12.9. The van der Waals surface area contributed by atoms with Gasteiger partial charge in [0, 0.05) is 25.9 Å². The number of aryl methyl sites for hydroxylation is 1. The van der Waals surface area contributed by atoms with Crippen LogP contribution in [0.2, 0.25) is 0 Å². The van der Waals surface area contributed by atoms with Crippen LogP contribution in [-0.2, 0) is 11.3 Å². The summed E-state index contributed by atoms with van der Waals surface area (Å²) in [6.07, 6.45) is 0. The van der Waals surface area contributed by atoms with E-state index >= 15 is 0 Å². The van der Waals surface area contributed by atoms with Crippen molar-refractivity contribution in [2.75, 3.05) is 26.9 Å². The number of rotatable bonds is 7. The molecule has 1 N–H and O–H groups in total. The molecule has 1 heterocycles. The van der Waals surface area contributed by atoms with Crippen LogP contribution in [0.3, 0.4) is 0 Å². The molecule has 0 aliphatic rings. The van der Waals surface area contributed by atoms with Crippen LogP contribution >= 0.6 is 0 Å². The summed E-state index contributed by atoms with van der Waals surface area (Å²) in [5, 5.41) is 3.26. The lowest BCUT2D eigenvalue weighted by Crippen LogP contribution is -2.20. The van der Waals surface area contributed by atoms with E-state index in [1.165, 1.54) is 0 Å². The maximum atomic E-state index is 5.52. The second-order valence-corrected chi connectivity index (χ2v) is 3.50. The van der Waals surface area contributed by atoms with Gasteiger partial charge in [-0.2, -0.15) is 0 Å². The molecule has 0 atom stereocenters. The molecule has 0 amide bonds. The summed E-state index contributed by atoms with van der Waals surface area (Å²) in [6, 6.07) is 3.93. The molecule has 0 radical (unpaired) electrons. The van der Waals surface area contributed by atoms with E-state index in [-0.39, 0.29) is 0 Å². The van der Waals surface area contributed by atoms with Crippen molar-refractivity contribution in [1.29, 1.82) is 0 Å². The van der Waals surface area contributed by atoms with E-state index in [1.807, 2.05) is 26.0 Å². The van der Waals surface area contributed by atoms with E-state index in [9.17, 15) is 0 Å². The van der Waals surface area contributed by atoms with Crippen LogP contribution in [-0.4, -0.2) is 31.9 Å². The Labute approximate surface area is 97.0 Å². The average Bonchev–Trinajstić information content (AvgIpc) is 2.28. The zero-order chi connectivity index (χ0) is 11.8. The lowest BCUT2D eigenvalue weighted by Gasteiger charge is -2.10. The molecule has 4 nitrogen and oxygen atoms in total. The molecule has 0 saturated carbocycles. The van der Waals surface area contributed by atoms with Gasteiger partial charge in [-0.25, -0.2) is 0 Å². The minimum atomic E-state index is 0.663. The topological polar surface area (TPSA) is 43.4 Å². The highest BCUT2D eigenvalue weighted by molar-refractivity contribution is 5.29. The van der Waals surface area contributed by atoms with E-state index in [0.29, 0.717) is 19.8 Å². The molecule has 16 heavy (non-hydrogen) atoms.